The van der Waals surface area contributed by atoms with Gasteiger partial charge in [0, 0.05) is 6.61 Å². The SMILES string of the molecule is CC(CO)CCCNC1COC(C)(C)OC1. The lowest BCUT2D eigenvalue weighted by molar-refractivity contribution is -0.252. The fourth-order valence-electron chi connectivity index (χ4n) is 1.66. The summed E-state index contributed by atoms with van der Waals surface area (Å²) in [7, 11) is 0. The number of hydrogen-bond acceptors (Lipinski definition) is 4. The molecule has 1 unspecified atom stereocenters. The van der Waals surface area contributed by atoms with Crippen LogP contribution in [-0.2, 0) is 9.47 Å². The van der Waals surface area contributed by atoms with Crippen molar-refractivity contribution in [1.29, 1.82) is 0 Å². The summed E-state index contributed by atoms with van der Waals surface area (Å²) >= 11 is 0. The molecule has 1 saturated heterocycles. The van der Waals surface area contributed by atoms with Crippen molar-refractivity contribution in [2.45, 2.75) is 45.4 Å². The first-order valence-electron chi connectivity index (χ1n) is 6.15. The number of nitrogens with one attached hydrogen (secondary N) is 1. The van der Waals surface area contributed by atoms with Crippen molar-refractivity contribution in [1.82, 2.24) is 5.32 Å². The minimum atomic E-state index is -0.427. The van der Waals surface area contributed by atoms with Crippen molar-refractivity contribution in [2.75, 3.05) is 26.4 Å². The highest BCUT2D eigenvalue weighted by molar-refractivity contribution is 4.73. The Bertz CT molecular complexity index is 187. The van der Waals surface area contributed by atoms with Gasteiger partial charge in [-0.25, -0.2) is 0 Å². The molecular weight excluding hydrogens is 206 g/mol. The topological polar surface area (TPSA) is 50.7 Å². The Morgan fingerprint density at radius 3 is 2.56 bits per heavy atom. The second kappa shape index (κ2) is 6.55. The summed E-state index contributed by atoms with van der Waals surface area (Å²) in [5, 5.41) is 12.3. The molecule has 0 aromatic rings. The van der Waals surface area contributed by atoms with Crippen LogP contribution in [0.15, 0.2) is 0 Å². The number of aliphatic hydroxyl groups excluding tert-OH is 1. The molecule has 1 heterocycles. The van der Waals surface area contributed by atoms with E-state index in [1.165, 1.54) is 0 Å². The van der Waals surface area contributed by atoms with E-state index in [9.17, 15) is 0 Å². The molecule has 4 nitrogen and oxygen atoms in total. The molecule has 1 rings (SSSR count). The predicted molar refractivity (Wildman–Crippen MR) is 63.3 cm³/mol. The zero-order valence-electron chi connectivity index (χ0n) is 10.7. The maximum Gasteiger partial charge on any atom is 0.162 e. The quantitative estimate of drug-likeness (QED) is 0.673. The van der Waals surface area contributed by atoms with Gasteiger partial charge >= 0.3 is 0 Å². The Labute approximate surface area is 98.3 Å². The van der Waals surface area contributed by atoms with E-state index in [4.69, 9.17) is 14.6 Å². The van der Waals surface area contributed by atoms with Gasteiger partial charge in [-0.05, 0) is 39.2 Å². The fourth-order valence-corrected chi connectivity index (χ4v) is 1.66. The third kappa shape index (κ3) is 5.25. The Kier molecular flexibility index (Phi) is 5.69. The second-order valence-corrected chi connectivity index (χ2v) is 5.10. The third-order valence-electron chi connectivity index (χ3n) is 2.88. The second-order valence-electron chi connectivity index (χ2n) is 5.10. The molecule has 0 spiro atoms. The van der Waals surface area contributed by atoms with E-state index >= 15 is 0 Å². The molecule has 1 aliphatic rings. The average molecular weight is 231 g/mol. The average Bonchev–Trinajstić information content (AvgIpc) is 2.26. The van der Waals surface area contributed by atoms with Crippen LogP contribution in [0.25, 0.3) is 0 Å². The molecule has 0 amide bonds. The highest BCUT2D eigenvalue weighted by Crippen LogP contribution is 2.16. The standard InChI is InChI=1S/C12H25NO3/c1-10(7-14)5-4-6-13-11-8-15-12(2,3)16-9-11/h10-11,13-14H,4-9H2,1-3H3. The van der Waals surface area contributed by atoms with Crippen LogP contribution in [0.4, 0.5) is 0 Å². The molecule has 0 radical (unpaired) electrons. The van der Waals surface area contributed by atoms with E-state index in [1.54, 1.807) is 0 Å². The van der Waals surface area contributed by atoms with Gasteiger partial charge in [0.25, 0.3) is 0 Å². The number of rotatable bonds is 6. The molecule has 2 N–H and O–H groups in total. The van der Waals surface area contributed by atoms with Crippen LogP contribution in [-0.4, -0.2) is 43.3 Å². The highest BCUT2D eigenvalue weighted by atomic mass is 16.7. The summed E-state index contributed by atoms with van der Waals surface area (Å²) in [6.07, 6.45) is 2.14. The summed E-state index contributed by atoms with van der Waals surface area (Å²) in [4.78, 5) is 0. The molecule has 0 aliphatic carbocycles. The molecule has 0 aromatic carbocycles. The van der Waals surface area contributed by atoms with Crippen LogP contribution in [0, 0.1) is 5.92 Å². The normalized spacial score (nSPS) is 23.2. The van der Waals surface area contributed by atoms with Gasteiger partial charge in [0.05, 0.1) is 19.3 Å². The van der Waals surface area contributed by atoms with Gasteiger partial charge in [-0.1, -0.05) is 6.92 Å². The first-order chi connectivity index (χ1) is 7.53. The number of aliphatic hydroxyl groups is 1. The minimum Gasteiger partial charge on any atom is -0.396 e. The summed E-state index contributed by atoms with van der Waals surface area (Å²) in [5.41, 5.74) is 0. The Morgan fingerprint density at radius 1 is 1.38 bits per heavy atom. The summed E-state index contributed by atoms with van der Waals surface area (Å²) in [6.45, 7) is 8.60. The van der Waals surface area contributed by atoms with Crippen LogP contribution in [0.1, 0.15) is 33.6 Å². The zero-order chi connectivity index (χ0) is 12.0. The lowest BCUT2D eigenvalue weighted by atomic mass is 10.1. The largest absolute Gasteiger partial charge is 0.396 e. The van der Waals surface area contributed by atoms with E-state index in [-0.39, 0.29) is 6.61 Å². The van der Waals surface area contributed by atoms with E-state index in [1.807, 2.05) is 13.8 Å². The molecule has 16 heavy (non-hydrogen) atoms. The van der Waals surface area contributed by atoms with Crippen LogP contribution in [0.5, 0.6) is 0 Å². The van der Waals surface area contributed by atoms with Crippen molar-refractivity contribution in [3.63, 3.8) is 0 Å². The Hall–Kier alpha value is -0.160. The molecule has 1 fully saturated rings. The predicted octanol–water partition coefficient (Wildman–Crippen LogP) is 1.14. The van der Waals surface area contributed by atoms with Gasteiger partial charge in [0.2, 0.25) is 0 Å². The molecule has 1 aliphatic heterocycles. The first kappa shape index (κ1) is 13.9. The van der Waals surface area contributed by atoms with E-state index in [0.29, 0.717) is 25.2 Å². The van der Waals surface area contributed by atoms with Gasteiger partial charge in [0.15, 0.2) is 5.79 Å². The van der Waals surface area contributed by atoms with Crippen molar-refractivity contribution in [3.05, 3.63) is 0 Å². The maximum absolute atomic E-state index is 8.88. The zero-order valence-corrected chi connectivity index (χ0v) is 10.7. The summed E-state index contributed by atoms with van der Waals surface area (Å²) in [5.74, 6) is -0.0246. The molecule has 0 aromatic heterocycles. The fraction of sp³-hybridized carbons (Fsp3) is 1.00. The molecule has 1 atom stereocenters. The smallest absolute Gasteiger partial charge is 0.162 e. The van der Waals surface area contributed by atoms with Crippen LogP contribution >= 0.6 is 0 Å². The molecule has 0 bridgehead atoms. The molecule has 4 heteroatoms. The van der Waals surface area contributed by atoms with Crippen LogP contribution < -0.4 is 5.32 Å². The van der Waals surface area contributed by atoms with Crippen molar-refractivity contribution < 1.29 is 14.6 Å². The molecule has 0 saturated carbocycles. The lowest BCUT2D eigenvalue weighted by Crippen LogP contribution is -2.48. The first-order valence-corrected chi connectivity index (χ1v) is 6.15. The number of ether oxygens (including phenoxy) is 2. The van der Waals surface area contributed by atoms with Gasteiger partial charge in [-0.2, -0.15) is 0 Å². The molecule has 96 valence electrons. The van der Waals surface area contributed by atoms with Crippen LogP contribution in [0.3, 0.4) is 0 Å². The van der Waals surface area contributed by atoms with E-state index < -0.39 is 5.79 Å². The van der Waals surface area contributed by atoms with Crippen molar-refractivity contribution in [2.24, 2.45) is 5.92 Å². The maximum atomic E-state index is 8.88. The van der Waals surface area contributed by atoms with E-state index in [2.05, 4.69) is 12.2 Å². The van der Waals surface area contributed by atoms with Crippen LogP contribution in [0.2, 0.25) is 0 Å². The summed E-state index contributed by atoms with van der Waals surface area (Å²) in [6, 6.07) is 0.303. The molecular formula is C12H25NO3. The Balaban J connectivity index is 2.02. The van der Waals surface area contributed by atoms with Crippen molar-refractivity contribution >= 4 is 0 Å². The Morgan fingerprint density at radius 2 is 2.00 bits per heavy atom. The van der Waals surface area contributed by atoms with E-state index in [0.717, 1.165) is 19.4 Å². The highest BCUT2D eigenvalue weighted by Gasteiger charge is 2.27. The number of hydrogen-bond donors (Lipinski definition) is 2. The van der Waals surface area contributed by atoms with Gasteiger partial charge in [-0.3, -0.25) is 0 Å². The van der Waals surface area contributed by atoms with Gasteiger partial charge in [0.1, 0.15) is 0 Å². The van der Waals surface area contributed by atoms with Gasteiger partial charge in [-0.15, -0.1) is 0 Å². The third-order valence-corrected chi connectivity index (χ3v) is 2.88. The monoisotopic (exact) mass is 231 g/mol. The summed E-state index contributed by atoms with van der Waals surface area (Å²) < 4.78 is 11.1. The lowest BCUT2D eigenvalue weighted by Gasteiger charge is -2.35. The minimum absolute atomic E-state index is 0.282. The van der Waals surface area contributed by atoms with Gasteiger partial charge < -0.3 is 19.9 Å². The van der Waals surface area contributed by atoms with Crippen molar-refractivity contribution in [3.8, 4) is 0 Å².